The van der Waals surface area contributed by atoms with Crippen molar-refractivity contribution in [2.24, 2.45) is 5.92 Å². The predicted octanol–water partition coefficient (Wildman–Crippen LogP) is 4.09. The molecule has 1 aromatic carbocycles. The lowest BCUT2D eigenvalue weighted by Gasteiger charge is -2.29. The summed E-state index contributed by atoms with van der Waals surface area (Å²) < 4.78 is 5.53. The van der Waals surface area contributed by atoms with Gasteiger partial charge in [0, 0.05) is 51.2 Å². The molecule has 4 rings (SSSR count). The molecule has 0 N–H and O–H groups in total. The number of anilines is 1. The van der Waals surface area contributed by atoms with Gasteiger partial charge in [-0.3, -0.25) is 14.6 Å². The van der Waals surface area contributed by atoms with Crippen LogP contribution in [0.15, 0.2) is 35.7 Å². The van der Waals surface area contributed by atoms with E-state index in [1.807, 2.05) is 4.90 Å². The van der Waals surface area contributed by atoms with Crippen LogP contribution in [-0.4, -0.2) is 41.6 Å². The van der Waals surface area contributed by atoms with Gasteiger partial charge in [-0.2, -0.15) is 0 Å². The summed E-state index contributed by atoms with van der Waals surface area (Å²) in [4.78, 5) is 21.2. The highest BCUT2D eigenvalue weighted by Crippen LogP contribution is 2.34. The van der Waals surface area contributed by atoms with Crippen LogP contribution in [0.4, 0.5) is 5.13 Å². The van der Waals surface area contributed by atoms with E-state index in [4.69, 9.17) is 9.72 Å². The number of aromatic nitrogens is 1. The number of thiazole rings is 1. The van der Waals surface area contributed by atoms with E-state index < -0.39 is 0 Å². The van der Waals surface area contributed by atoms with E-state index in [0.29, 0.717) is 12.0 Å². The van der Waals surface area contributed by atoms with E-state index in [9.17, 15) is 4.79 Å². The topological polar surface area (TPSA) is 45.7 Å². The second kappa shape index (κ2) is 9.16. The van der Waals surface area contributed by atoms with Crippen LogP contribution in [0.3, 0.4) is 0 Å². The van der Waals surface area contributed by atoms with Crippen LogP contribution in [0.2, 0.25) is 0 Å². The zero-order valence-corrected chi connectivity index (χ0v) is 17.4. The molecule has 0 bridgehead atoms. The molecule has 1 amide bonds. The number of rotatable bonds is 8. The van der Waals surface area contributed by atoms with Crippen molar-refractivity contribution in [1.29, 1.82) is 0 Å². The molecule has 5 nitrogen and oxygen atoms in total. The fraction of sp³-hybridized carbons (Fsp3) is 0.545. The summed E-state index contributed by atoms with van der Waals surface area (Å²) >= 11 is 1.60. The molecule has 1 aromatic heterocycles. The van der Waals surface area contributed by atoms with E-state index in [1.165, 1.54) is 5.56 Å². The number of benzene rings is 1. The summed E-state index contributed by atoms with van der Waals surface area (Å²) in [6.07, 6.45) is 4.46. The van der Waals surface area contributed by atoms with E-state index in [1.54, 1.807) is 18.3 Å². The molecule has 150 valence electrons. The quantitative estimate of drug-likeness (QED) is 0.671. The molecule has 1 aliphatic heterocycles. The van der Waals surface area contributed by atoms with Gasteiger partial charge in [0.25, 0.3) is 0 Å². The Labute approximate surface area is 171 Å². The number of amides is 1. The molecule has 1 saturated carbocycles. The fourth-order valence-electron chi connectivity index (χ4n) is 3.91. The van der Waals surface area contributed by atoms with Crippen molar-refractivity contribution in [2.45, 2.75) is 51.7 Å². The van der Waals surface area contributed by atoms with E-state index in [0.717, 1.165) is 69.4 Å². The van der Waals surface area contributed by atoms with E-state index >= 15 is 0 Å². The van der Waals surface area contributed by atoms with Crippen molar-refractivity contribution in [3.05, 3.63) is 47.0 Å². The second-order valence-electron chi connectivity index (χ2n) is 7.95. The molecular formula is C22H29N3O2S. The Morgan fingerprint density at radius 3 is 2.57 bits per heavy atom. The number of carbonyl (C=O) groups excluding carboxylic acids is 1. The molecule has 0 unspecified atom stereocenters. The maximum Gasteiger partial charge on any atom is 0.225 e. The number of hydrogen-bond donors (Lipinski definition) is 0. The average Bonchev–Trinajstić information content (AvgIpc) is 3.42. The first-order valence-electron chi connectivity index (χ1n) is 10.3. The number of ether oxygens (including phenoxy) is 1. The standard InChI is InChI=1S/C22H29N3O2S/c1-17(26)25(21-7-8-21)22-23-20(16-28-22)15-24(13-18-5-3-2-4-6-18)14-19-9-11-27-12-10-19/h2-6,16,19,21H,7-15H2,1H3. The third kappa shape index (κ3) is 5.19. The minimum atomic E-state index is 0.103. The van der Waals surface area contributed by atoms with Gasteiger partial charge >= 0.3 is 0 Å². The summed E-state index contributed by atoms with van der Waals surface area (Å²) in [7, 11) is 0. The van der Waals surface area contributed by atoms with Crippen LogP contribution in [0.1, 0.15) is 43.9 Å². The van der Waals surface area contributed by atoms with Gasteiger partial charge in [0.15, 0.2) is 5.13 Å². The highest BCUT2D eigenvalue weighted by molar-refractivity contribution is 7.14. The molecule has 6 heteroatoms. The first-order valence-corrected chi connectivity index (χ1v) is 11.1. The van der Waals surface area contributed by atoms with E-state index in [2.05, 4.69) is 40.6 Å². The predicted molar refractivity (Wildman–Crippen MR) is 112 cm³/mol. The molecule has 2 aromatic rings. The summed E-state index contributed by atoms with van der Waals surface area (Å²) in [6, 6.07) is 11.0. The Kier molecular flexibility index (Phi) is 6.40. The maximum absolute atomic E-state index is 12.0. The third-order valence-electron chi connectivity index (χ3n) is 5.49. The first kappa shape index (κ1) is 19.6. The molecule has 28 heavy (non-hydrogen) atoms. The van der Waals surface area contributed by atoms with Crippen molar-refractivity contribution in [3.8, 4) is 0 Å². The molecule has 1 aliphatic carbocycles. The highest BCUT2D eigenvalue weighted by atomic mass is 32.1. The SMILES string of the molecule is CC(=O)N(c1nc(CN(Cc2ccccc2)CC2CCOCC2)cs1)C1CC1. The van der Waals surface area contributed by atoms with Crippen molar-refractivity contribution >= 4 is 22.4 Å². The van der Waals surface area contributed by atoms with Gasteiger partial charge < -0.3 is 4.74 Å². The lowest BCUT2D eigenvalue weighted by atomic mass is 9.99. The highest BCUT2D eigenvalue weighted by Gasteiger charge is 2.33. The normalized spacial score (nSPS) is 17.8. The Morgan fingerprint density at radius 2 is 1.89 bits per heavy atom. The van der Waals surface area contributed by atoms with Gasteiger partial charge in [-0.25, -0.2) is 4.98 Å². The summed E-state index contributed by atoms with van der Waals surface area (Å²) in [5.41, 5.74) is 2.39. The molecule has 0 atom stereocenters. The molecule has 0 spiro atoms. The van der Waals surface area contributed by atoms with Gasteiger partial charge in [-0.05, 0) is 37.2 Å². The second-order valence-corrected chi connectivity index (χ2v) is 8.79. The maximum atomic E-state index is 12.0. The van der Waals surface area contributed by atoms with Crippen molar-refractivity contribution < 1.29 is 9.53 Å². The van der Waals surface area contributed by atoms with Gasteiger partial charge in [0.05, 0.1) is 5.69 Å². The zero-order valence-electron chi connectivity index (χ0n) is 16.5. The first-order chi connectivity index (χ1) is 13.7. The molecule has 2 heterocycles. The van der Waals surface area contributed by atoms with Crippen molar-refractivity contribution in [1.82, 2.24) is 9.88 Å². The molecule has 1 saturated heterocycles. The number of nitrogens with zero attached hydrogens (tertiary/aromatic N) is 3. The van der Waals surface area contributed by atoms with Gasteiger partial charge in [-0.15, -0.1) is 11.3 Å². The lowest BCUT2D eigenvalue weighted by molar-refractivity contribution is -0.116. The minimum Gasteiger partial charge on any atom is -0.381 e. The minimum absolute atomic E-state index is 0.103. The Bertz CT molecular complexity index is 769. The van der Waals surface area contributed by atoms with Gasteiger partial charge in [-0.1, -0.05) is 30.3 Å². The van der Waals surface area contributed by atoms with Gasteiger partial charge in [0.2, 0.25) is 5.91 Å². The molecular weight excluding hydrogens is 370 g/mol. The largest absolute Gasteiger partial charge is 0.381 e. The molecule has 0 radical (unpaired) electrons. The Balaban J connectivity index is 1.46. The Morgan fingerprint density at radius 1 is 1.14 bits per heavy atom. The van der Waals surface area contributed by atoms with E-state index in [-0.39, 0.29) is 5.91 Å². The Hall–Kier alpha value is -1.76. The van der Waals surface area contributed by atoms with Crippen molar-refractivity contribution in [2.75, 3.05) is 24.7 Å². The number of hydrogen-bond acceptors (Lipinski definition) is 5. The van der Waals surface area contributed by atoms with Crippen molar-refractivity contribution in [3.63, 3.8) is 0 Å². The summed E-state index contributed by atoms with van der Waals surface area (Å²) in [6.45, 7) is 6.19. The van der Waals surface area contributed by atoms with Crippen LogP contribution in [-0.2, 0) is 22.6 Å². The fourth-order valence-corrected chi connectivity index (χ4v) is 4.84. The van der Waals surface area contributed by atoms with Gasteiger partial charge in [0.1, 0.15) is 0 Å². The lowest BCUT2D eigenvalue weighted by Crippen LogP contribution is -2.32. The monoisotopic (exact) mass is 399 g/mol. The number of carbonyl (C=O) groups is 1. The molecule has 2 fully saturated rings. The third-order valence-corrected chi connectivity index (χ3v) is 6.38. The average molecular weight is 400 g/mol. The van der Waals surface area contributed by atoms with Crippen LogP contribution in [0.25, 0.3) is 0 Å². The zero-order chi connectivity index (χ0) is 19.3. The van der Waals surface area contributed by atoms with Crippen LogP contribution in [0.5, 0.6) is 0 Å². The smallest absolute Gasteiger partial charge is 0.225 e. The van der Waals surface area contributed by atoms with Crippen LogP contribution < -0.4 is 4.90 Å². The summed E-state index contributed by atoms with van der Waals surface area (Å²) in [5, 5.41) is 2.98. The van der Waals surface area contributed by atoms with Crippen LogP contribution in [0, 0.1) is 5.92 Å². The van der Waals surface area contributed by atoms with Crippen LogP contribution >= 0.6 is 11.3 Å². The summed E-state index contributed by atoms with van der Waals surface area (Å²) in [5.74, 6) is 0.780. The molecule has 2 aliphatic rings.